The molecule has 10 nitrogen and oxygen atoms in total. The number of anilines is 2. The number of ether oxygens (including phenoxy) is 1. The van der Waals surface area contributed by atoms with Crippen molar-refractivity contribution in [2.24, 2.45) is 0 Å². The number of fused-ring (bicyclic) bond motifs is 1. The maximum atomic E-state index is 12.5. The summed E-state index contributed by atoms with van der Waals surface area (Å²) in [5, 5.41) is 10.3. The minimum absolute atomic E-state index is 0.0310. The third kappa shape index (κ3) is 3.29. The van der Waals surface area contributed by atoms with Crippen LogP contribution in [0.3, 0.4) is 0 Å². The van der Waals surface area contributed by atoms with E-state index < -0.39 is 11.2 Å². The van der Waals surface area contributed by atoms with Crippen LogP contribution < -0.4 is 21.9 Å². The van der Waals surface area contributed by atoms with Crippen LogP contribution in [0, 0.1) is 11.3 Å². The van der Waals surface area contributed by atoms with Crippen LogP contribution in [0.15, 0.2) is 34.1 Å². The Morgan fingerprint density at radius 1 is 1.33 bits per heavy atom. The van der Waals surface area contributed by atoms with Crippen molar-refractivity contribution in [3.05, 3.63) is 50.9 Å². The first-order valence-corrected chi connectivity index (χ1v) is 9.47. The second-order valence-electron chi connectivity index (χ2n) is 7.52. The average Bonchev–Trinajstić information content (AvgIpc) is 2.73. The summed E-state index contributed by atoms with van der Waals surface area (Å²) in [6.45, 7) is 3.30. The van der Waals surface area contributed by atoms with Gasteiger partial charge in [-0.1, -0.05) is 0 Å². The van der Waals surface area contributed by atoms with E-state index >= 15 is 0 Å². The summed E-state index contributed by atoms with van der Waals surface area (Å²) in [5.74, 6) is 0.430. The summed E-state index contributed by atoms with van der Waals surface area (Å²) in [5.41, 5.74) is 5.34. The molecule has 0 amide bonds. The Morgan fingerprint density at radius 3 is 2.70 bits per heavy atom. The lowest BCUT2D eigenvalue weighted by atomic mass is 9.92. The van der Waals surface area contributed by atoms with Crippen molar-refractivity contribution in [1.82, 2.24) is 19.5 Å². The smallest absolute Gasteiger partial charge is 0.355 e. The van der Waals surface area contributed by atoms with Crippen molar-refractivity contribution in [1.29, 1.82) is 5.26 Å². The summed E-state index contributed by atoms with van der Waals surface area (Å²) in [6.07, 6.45) is 4.47. The van der Waals surface area contributed by atoms with Gasteiger partial charge in [0.05, 0.1) is 23.0 Å². The minimum Gasteiger partial charge on any atom is -0.383 e. The van der Waals surface area contributed by atoms with Gasteiger partial charge in [0.25, 0.3) is 5.56 Å². The van der Waals surface area contributed by atoms with E-state index in [0.29, 0.717) is 35.5 Å². The van der Waals surface area contributed by atoms with Gasteiger partial charge in [-0.15, -0.1) is 0 Å². The minimum atomic E-state index is -0.567. The highest BCUT2D eigenvalue weighted by Gasteiger charge is 2.32. The number of rotatable bonds is 3. The number of nitrogens with zero attached hydrogens (tertiary/aromatic N) is 5. The number of hydrogen-bond acceptors (Lipinski definition) is 8. The van der Waals surface area contributed by atoms with E-state index in [0.717, 1.165) is 12.8 Å². The van der Waals surface area contributed by atoms with Gasteiger partial charge in [0, 0.05) is 31.8 Å². The Balaban J connectivity index is 1.90. The normalized spacial score (nSPS) is 15.8. The van der Waals surface area contributed by atoms with Crippen molar-refractivity contribution < 1.29 is 4.74 Å². The standard InChI is InChI=1S/C20H21N7O3/c1-20(30-2)4-7-26(8-5-20)17-12-9-16(27-6-3-15(22)25-19(27)29)23-11-14(12)24-18(28)13(17)10-21/h3,6,9,11H,4-5,7-8H2,1-2H3,(H,24,28)(H2,22,25,29). The van der Waals surface area contributed by atoms with Gasteiger partial charge in [-0.25, -0.2) is 9.78 Å². The summed E-state index contributed by atoms with van der Waals surface area (Å²) >= 11 is 0. The van der Waals surface area contributed by atoms with Crippen molar-refractivity contribution >= 4 is 22.4 Å². The van der Waals surface area contributed by atoms with Crippen LogP contribution >= 0.6 is 0 Å². The fourth-order valence-electron chi connectivity index (χ4n) is 3.73. The summed E-state index contributed by atoms with van der Waals surface area (Å²) in [6, 6.07) is 5.20. The Bertz CT molecular complexity index is 1280. The number of aromatic amines is 1. The Kier molecular flexibility index (Phi) is 4.75. The zero-order valence-electron chi connectivity index (χ0n) is 16.7. The number of aromatic nitrogens is 4. The van der Waals surface area contributed by atoms with Gasteiger partial charge in [0.15, 0.2) is 0 Å². The van der Waals surface area contributed by atoms with Gasteiger partial charge in [-0.3, -0.25) is 9.36 Å². The number of H-pyrrole nitrogens is 1. The number of nitrogens with one attached hydrogen (secondary N) is 1. The Labute approximate surface area is 171 Å². The monoisotopic (exact) mass is 407 g/mol. The zero-order chi connectivity index (χ0) is 21.5. The molecule has 10 heteroatoms. The number of nitrogen functional groups attached to an aromatic ring is 1. The van der Waals surface area contributed by atoms with Crippen LogP contribution in [-0.4, -0.2) is 45.3 Å². The second kappa shape index (κ2) is 7.27. The number of pyridine rings is 2. The highest BCUT2D eigenvalue weighted by atomic mass is 16.5. The van der Waals surface area contributed by atoms with Crippen molar-refractivity contribution in [2.75, 3.05) is 30.8 Å². The first-order valence-electron chi connectivity index (χ1n) is 9.47. The molecule has 4 rings (SSSR count). The first-order chi connectivity index (χ1) is 14.3. The predicted molar refractivity (Wildman–Crippen MR) is 112 cm³/mol. The molecule has 1 saturated heterocycles. The second-order valence-corrected chi connectivity index (χ2v) is 7.52. The molecule has 3 aromatic heterocycles. The van der Waals surface area contributed by atoms with E-state index in [1.165, 1.54) is 23.0 Å². The summed E-state index contributed by atoms with van der Waals surface area (Å²) < 4.78 is 6.86. The summed E-state index contributed by atoms with van der Waals surface area (Å²) in [4.78, 5) is 37.5. The number of piperidine rings is 1. The maximum Gasteiger partial charge on any atom is 0.355 e. The van der Waals surface area contributed by atoms with E-state index in [1.54, 1.807) is 13.2 Å². The first kappa shape index (κ1) is 19.6. The number of hydrogen-bond donors (Lipinski definition) is 2. The van der Waals surface area contributed by atoms with Gasteiger partial charge >= 0.3 is 5.69 Å². The molecule has 0 bridgehead atoms. The molecule has 1 fully saturated rings. The molecule has 0 radical (unpaired) electrons. The van der Waals surface area contributed by atoms with Crippen LogP contribution in [0.2, 0.25) is 0 Å². The molecule has 0 atom stereocenters. The van der Waals surface area contributed by atoms with Crippen LogP contribution in [0.1, 0.15) is 25.3 Å². The molecule has 0 spiro atoms. The third-order valence-electron chi connectivity index (χ3n) is 5.67. The average molecular weight is 407 g/mol. The van der Waals surface area contributed by atoms with E-state index in [9.17, 15) is 14.9 Å². The van der Waals surface area contributed by atoms with Crippen LogP contribution in [0.5, 0.6) is 0 Å². The molecular weight excluding hydrogens is 386 g/mol. The lowest BCUT2D eigenvalue weighted by Crippen LogP contribution is -2.44. The van der Waals surface area contributed by atoms with Crippen molar-refractivity contribution in [3.63, 3.8) is 0 Å². The lowest BCUT2D eigenvalue weighted by Gasteiger charge is -2.40. The highest BCUT2D eigenvalue weighted by molar-refractivity contribution is 5.95. The molecule has 0 unspecified atom stereocenters. The van der Waals surface area contributed by atoms with Crippen LogP contribution in [0.4, 0.5) is 11.5 Å². The van der Waals surface area contributed by atoms with E-state index in [-0.39, 0.29) is 17.0 Å². The predicted octanol–water partition coefficient (Wildman–Crippen LogP) is 0.928. The molecule has 0 saturated carbocycles. The van der Waals surface area contributed by atoms with E-state index in [1.807, 2.05) is 17.9 Å². The fourth-order valence-corrected chi connectivity index (χ4v) is 3.73. The third-order valence-corrected chi connectivity index (χ3v) is 5.67. The summed E-state index contributed by atoms with van der Waals surface area (Å²) in [7, 11) is 1.69. The maximum absolute atomic E-state index is 12.5. The molecule has 3 N–H and O–H groups in total. The van der Waals surface area contributed by atoms with Crippen molar-refractivity contribution in [3.8, 4) is 11.9 Å². The molecular formula is C20H21N7O3. The molecule has 1 aliphatic heterocycles. The number of nitrogens with two attached hydrogens (primary N) is 1. The largest absolute Gasteiger partial charge is 0.383 e. The van der Waals surface area contributed by atoms with Gasteiger partial charge < -0.3 is 20.4 Å². The van der Waals surface area contributed by atoms with Gasteiger partial charge in [0.2, 0.25) is 0 Å². The topological polar surface area (TPSA) is 143 Å². The Morgan fingerprint density at radius 2 is 2.07 bits per heavy atom. The fraction of sp³-hybridized carbons (Fsp3) is 0.350. The molecule has 30 heavy (non-hydrogen) atoms. The molecule has 3 aromatic rings. The molecule has 154 valence electrons. The molecule has 1 aliphatic rings. The lowest BCUT2D eigenvalue weighted by molar-refractivity contribution is -0.0132. The number of nitriles is 1. The van der Waals surface area contributed by atoms with Gasteiger partial charge in [-0.05, 0) is 31.9 Å². The zero-order valence-corrected chi connectivity index (χ0v) is 16.7. The molecule has 0 aromatic carbocycles. The molecule has 0 aliphatic carbocycles. The van der Waals surface area contributed by atoms with Crippen LogP contribution in [-0.2, 0) is 4.74 Å². The SMILES string of the molecule is COC1(C)CCN(c2c(C#N)c(=O)[nH]c3cnc(-n4ccc(N)nc4=O)cc23)CC1. The van der Waals surface area contributed by atoms with E-state index in [2.05, 4.69) is 15.0 Å². The van der Waals surface area contributed by atoms with Gasteiger partial charge in [-0.2, -0.15) is 10.2 Å². The Hall–Kier alpha value is -3.71. The highest BCUT2D eigenvalue weighted by Crippen LogP contribution is 2.33. The van der Waals surface area contributed by atoms with Gasteiger partial charge in [0.1, 0.15) is 23.3 Å². The quantitative estimate of drug-likeness (QED) is 0.653. The number of methoxy groups -OCH3 is 1. The molecule has 4 heterocycles. The van der Waals surface area contributed by atoms with Crippen LogP contribution in [0.25, 0.3) is 16.7 Å². The van der Waals surface area contributed by atoms with Crippen molar-refractivity contribution in [2.45, 2.75) is 25.4 Å². The van der Waals surface area contributed by atoms with E-state index in [4.69, 9.17) is 10.5 Å².